The predicted molar refractivity (Wildman–Crippen MR) is 70.3 cm³/mol. The molecule has 0 spiro atoms. The Kier molecular flexibility index (Phi) is 5.12. The third kappa shape index (κ3) is 4.11. The SMILES string of the molecule is COCCC(C)Nc1cccc(N(C)C)c1. The van der Waals surface area contributed by atoms with Gasteiger partial charge in [0.2, 0.25) is 0 Å². The van der Waals surface area contributed by atoms with E-state index in [0.29, 0.717) is 6.04 Å². The average molecular weight is 222 g/mol. The molecule has 0 amide bonds. The lowest BCUT2D eigenvalue weighted by Gasteiger charge is -2.18. The van der Waals surface area contributed by atoms with Gasteiger partial charge in [0.05, 0.1) is 0 Å². The second kappa shape index (κ2) is 6.38. The van der Waals surface area contributed by atoms with Crippen LogP contribution in [0.5, 0.6) is 0 Å². The van der Waals surface area contributed by atoms with Gasteiger partial charge in [-0.2, -0.15) is 0 Å². The highest BCUT2D eigenvalue weighted by Crippen LogP contribution is 2.18. The number of ether oxygens (including phenoxy) is 1. The molecule has 1 unspecified atom stereocenters. The van der Waals surface area contributed by atoms with Crippen LogP contribution in [0.3, 0.4) is 0 Å². The monoisotopic (exact) mass is 222 g/mol. The average Bonchev–Trinajstić information content (AvgIpc) is 2.26. The van der Waals surface area contributed by atoms with Crippen molar-refractivity contribution in [2.45, 2.75) is 19.4 Å². The van der Waals surface area contributed by atoms with Gasteiger partial charge in [-0.3, -0.25) is 0 Å². The third-order valence-electron chi connectivity index (χ3n) is 2.53. The first kappa shape index (κ1) is 12.8. The van der Waals surface area contributed by atoms with Gasteiger partial charge >= 0.3 is 0 Å². The molecule has 0 saturated carbocycles. The molecule has 3 heteroatoms. The van der Waals surface area contributed by atoms with Crippen LogP contribution in [0.15, 0.2) is 24.3 Å². The maximum atomic E-state index is 5.06. The normalized spacial score (nSPS) is 12.2. The zero-order chi connectivity index (χ0) is 12.0. The Morgan fingerprint density at radius 2 is 2.12 bits per heavy atom. The fourth-order valence-electron chi connectivity index (χ4n) is 1.53. The van der Waals surface area contributed by atoms with Gasteiger partial charge in [0.15, 0.2) is 0 Å². The molecule has 3 nitrogen and oxygen atoms in total. The molecule has 16 heavy (non-hydrogen) atoms. The minimum absolute atomic E-state index is 0.428. The molecule has 0 aliphatic carbocycles. The summed E-state index contributed by atoms with van der Waals surface area (Å²) >= 11 is 0. The summed E-state index contributed by atoms with van der Waals surface area (Å²) in [4.78, 5) is 2.10. The molecule has 0 saturated heterocycles. The van der Waals surface area contributed by atoms with E-state index in [9.17, 15) is 0 Å². The van der Waals surface area contributed by atoms with Crippen molar-refractivity contribution in [3.05, 3.63) is 24.3 Å². The highest BCUT2D eigenvalue weighted by molar-refractivity contribution is 5.57. The Morgan fingerprint density at radius 1 is 1.38 bits per heavy atom. The summed E-state index contributed by atoms with van der Waals surface area (Å²) in [5, 5.41) is 3.47. The van der Waals surface area contributed by atoms with Gasteiger partial charge in [0.25, 0.3) is 0 Å². The van der Waals surface area contributed by atoms with Crippen molar-refractivity contribution in [1.29, 1.82) is 0 Å². The van der Waals surface area contributed by atoms with E-state index in [0.717, 1.165) is 18.7 Å². The molecule has 1 atom stereocenters. The standard InChI is InChI=1S/C13H22N2O/c1-11(8-9-16-4)14-12-6-5-7-13(10-12)15(2)3/h5-7,10-11,14H,8-9H2,1-4H3. The summed E-state index contributed by atoms with van der Waals surface area (Å²) < 4.78 is 5.06. The topological polar surface area (TPSA) is 24.5 Å². The van der Waals surface area contributed by atoms with Gasteiger partial charge in [-0.1, -0.05) is 6.07 Å². The number of benzene rings is 1. The van der Waals surface area contributed by atoms with Crippen molar-refractivity contribution in [1.82, 2.24) is 0 Å². The van der Waals surface area contributed by atoms with Crippen LogP contribution >= 0.6 is 0 Å². The molecule has 1 aromatic rings. The molecular formula is C13H22N2O. The van der Waals surface area contributed by atoms with Crippen molar-refractivity contribution in [2.24, 2.45) is 0 Å². The number of hydrogen-bond acceptors (Lipinski definition) is 3. The smallest absolute Gasteiger partial charge is 0.0481 e. The third-order valence-corrected chi connectivity index (χ3v) is 2.53. The molecule has 90 valence electrons. The molecular weight excluding hydrogens is 200 g/mol. The van der Waals surface area contributed by atoms with E-state index < -0.39 is 0 Å². The van der Waals surface area contributed by atoms with Gasteiger partial charge in [-0.05, 0) is 31.5 Å². The maximum Gasteiger partial charge on any atom is 0.0481 e. The first-order chi connectivity index (χ1) is 7.63. The quantitative estimate of drug-likeness (QED) is 0.800. The zero-order valence-electron chi connectivity index (χ0n) is 10.7. The number of nitrogens with one attached hydrogen (secondary N) is 1. The summed E-state index contributed by atoms with van der Waals surface area (Å²) in [6.45, 7) is 2.96. The summed E-state index contributed by atoms with van der Waals surface area (Å²) in [6.07, 6.45) is 1.02. The van der Waals surface area contributed by atoms with Crippen LogP contribution in [0.4, 0.5) is 11.4 Å². The number of methoxy groups -OCH3 is 1. The number of hydrogen-bond donors (Lipinski definition) is 1. The van der Waals surface area contributed by atoms with Crippen molar-refractivity contribution in [3.63, 3.8) is 0 Å². The highest BCUT2D eigenvalue weighted by Gasteiger charge is 2.02. The first-order valence-electron chi connectivity index (χ1n) is 5.66. The molecule has 0 radical (unpaired) electrons. The molecule has 1 rings (SSSR count). The summed E-state index contributed by atoms with van der Waals surface area (Å²) in [5.41, 5.74) is 2.37. The van der Waals surface area contributed by atoms with E-state index in [1.54, 1.807) is 7.11 Å². The van der Waals surface area contributed by atoms with E-state index in [1.807, 2.05) is 14.1 Å². The van der Waals surface area contributed by atoms with E-state index in [2.05, 4.69) is 41.4 Å². The Hall–Kier alpha value is -1.22. The second-order valence-electron chi connectivity index (χ2n) is 4.27. The van der Waals surface area contributed by atoms with Crippen molar-refractivity contribution >= 4 is 11.4 Å². The molecule has 0 bridgehead atoms. The molecule has 1 N–H and O–H groups in total. The highest BCUT2D eigenvalue weighted by atomic mass is 16.5. The van der Waals surface area contributed by atoms with Crippen LogP contribution < -0.4 is 10.2 Å². The van der Waals surface area contributed by atoms with Crippen molar-refractivity contribution in [2.75, 3.05) is 38.0 Å². The first-order valence-corrected chi connectivity index (χ1v) is 5.66. The Bertz CT molecular complexity index is 313. The van der Waals surface area contributed by atoms with Gasteiger partial charge < -0.3 is 15.0 Å². The van der Waals surface area contributed by atoms with E-state index in [1.165, 1.54) is 5.69 Å². The van der Waals surface area contributed by atoms with Crippen LogP contribution in [0.25, 0.3) is 0 Å². The van der Waals surface area contributed by atoms with E-state index in [4.69, 9.17) is 4.74 Å². The lowest BCUT2D eigenvalue weighted by molar-refractivity contribution is 0.191. The maximum absolute atomic E-state index is 5.06. The largest absolute Gasteiger partial charge is 0.385 e. The zero-order valence-corrected chi connectivity index (χ0v) is 10.7. The van der Waals surface area contributed by atoms with Crippen LogP contribution in [0.1, 0.15) is 13.3 Å². The lowest BCUT2D eigenvalue weighted by Crippen LogP contribution is -2.17. The van der Waals surface area contributed by atoms with E-state index >= 15 is 0 Å². The lowest BCUT2D eigenvalue weighted by atomic mass is 10.2. The Labute approximate surface area is 98.4 Å². The molecule has 0 aliphatic rings. The fourth-order valence-corrected chi connectivity index (χ4v) is 1.53. The molecule has 0 heterocycles. The molecule has 1 aromatic carbocycles. The number of nitrogens with zero attached hydrogens (tertiary/aromatic N) is 1. The molecule has 0 aliphatic heterocycles. The minimum atomic E-state index is 0.428. The van der Waals surface area contributed by atoms with Crippen LogP contribution in [0, 0.1) is 0 Å². The molecule has 0 aromatic heterocycles. The molecule has 0 fully saturated rings. The van der Waals surface area contributed by atoms with Gasteiger partial charge in [-0.25, -0.2) is 0 Å². The van der Waals surface area contributed by atoms with Crippen LogP contribution in [-0.4, -0.2) is 33.9 Å². The summed E-state index contributed by atoms with van der Waals surface area (Å²) in [5.74, 6) is 0. The summed E-state index contributed by atoms with van der Waals surface area (Å²) in [6, 6.07) is 8.85. The number of anilines is 2. The predicted octanol–water partition coefficient (Wildman–Crippen LogP) is 2.59. The van der Waals surface area contributed by atoms with Gasteiger partial charge in [0, 0.05) is 45.2 Å². The Balaban J connectivity index is 2.56. The van der Waals surface area contributed by atoms with Crippen molar-refractivity contribution in [3.8, 4) is 0 Å². The Morgan fingerprint density at radius 3 is 2.75 bits per heavy atom. The fraction of sp³-hybridized carbons (Fsp3) is 0.538. The minimum Gasteiger partial charge on any atom is -0.385 e. The summed E-state index contributed by atoms with van der Waals surface area (Å²) in [7, 11) is 5.83. The van der Waals surface area contributed by atoms with E-state index in [-0.39, 0.29) is 0 Å². The van der Waals surface area contributed by atoms with Crippen LogP contribution in [0.2, 0.25) is 0 Å². The van der Waals surface area contributed by atoms with Gasteiger partial charge in [0.1, 0.15) is 0 Å². The van der Waals surface area contributed by atoms with Gasteiger partial charge in [-0.15, -0.1) is 0 Å². The van der Waals surface area contributed by atoms with Crippen molar-refractivity contribution < 1.29 is 4.74 Å². The number of rotatable bonds is 6. The second-order valence-corrected chi connectivity index (χ2v) is 4.27. The van der Waals surface area contributed by atoms with Crippen LogP contribution in [-0.2, 0) is 4.74 Å².